The van der Waals surface area contributed by atoms with E-state index in [1.54, 1.807) is 6.92 Å². The van der Waals surface area contributed by atoms with E-state index < -0.39 is 0 Å². The van der Waals surface area contributed by atoms with Crippen molar-refractivity contribution in [1.29, 1.82) is 0 Å². The minimum atomic E-state index is -0.351. The van der Waals surface area contributed by atoms with Gasteiger partial charge in [0.25, 0.3) is 5.91 Å². The zero-order chi connectivity index (χ0) is 11.7. The summed E-state index contributed by atoms with van der Waals surface area (Å²) in [6.45, 7) is 6.17. The molecule has 4 heteroatoms. The van der Waals surface area contributed by atoms with E-state index >= 15 is 0 Å². The van der Waals surface area contributed by atoms with Crippen LogP contribution < -0.4 is 0 Å². The molecule has 0 spiro atoms. The zero-order valence-electron chi connectivity index (χ0n) is 9.91. The van der Waals surface area contributed by atoms with E-state index in [2.05, 4.69) is 0 Å². The summed E-state index contributed by atoms with van der Waals surface area (Å²) < 4.78 is 0. The number of unbranched alkanes of at least 4 members (excludes halogenated alkanes) is 1. The van der Waals surface area contributed by atoms with Crippen LogP contribution in [0, 0.1) is 0 Å². The maximum atomic E-state index is 11.5. The second-order valence-electron chi connectivity index (χ2n) is 3.42. The molecule has 0 aromatic heterocycles. The van der Waals surface area contributed by atoms with Gasteiger partial charge >= 0.3 is 5.97 Å². The zero-order valence-corrected chi connectivity index (χ0v) is 9.91. The molecular formula is C11H21NO3. The predicted octanol–water partition coefficient (Wildman–Crippen LogP) is 2.28. The van der Waals surface area contributed by atoms with Crippen LogP contribution in [-0.2, 0) is 14.4 Å². The number of rotatable bonds is 6. The Balaban J connectivity index is 4.16. The highest BCUT2D eigenvalue weighted by molar-refractivity contribution is 5.77. The molecule has 0 aliphatic heterocycles. The third-order valence-corrected chi connectivity index (χ3v) is 1.96. The number of hydroxylamine groups is 2. The van der Waals surface area contributed by atoms with Crippen molar-refractivity contribution in [2.75, 3.05) is 6.54 Å². The van der Waals surface area contributed by atoms with Gasteiger partial charge in [-0.15, -0.1) is 0 Å². The average Bonchev–Trinajstić information content (AvgIpc) is 2.24. The first-order valence-corrected chi connectivity index (χ1v) is 5.66. The van der Waals surface area contributed by atoms with E-state index in [0.29, 0.717) is 19.4 Å². The lowest BCUT2D eigenvalue weighted by molar-refractivity contribution is -0.198. The van der Waals surface area contributed by atoms with Gasteiger partial charge < -0.3 is 4.84 Å². The molecule has 15 heavy (non-hydrogen) atoms. The highest BCUT2D eigenvalue weighted by Gasteiger charge is 2.16. The van der Waals surface area contributed by atoms with Crippen LogP contribution in [-0.4, -0.2) is 23.5 Å². The molecule has 0 rings (SSSR count). The van der Waals surface area contributed by atoms with Crippen LogP contribution in [0.2, 0.25) is 0 Å². The molecule has 0 radical (unpaired) electrons. The Morgan fingerprint density at radius 2 is 1.80 bits per heavy atom. The normalized spacial score (nSPS) is 9.80. The summed E-state index contributed by atoms with van der Waals surface area (Å²) >= 11 is 0. The third kappa shape index (κ3) is 6.10. The first kappa shape index (κ1) is 13.9. The van der Waals surface area contributed by atoms with E-state index in [4.69, 9.17) is 4.84 Å². The summed E-state index contributed by atoms with van der Waals surface area (Å²) in [5.41, 5.74) is 0. The van der Waals surface area contributed by atoms with Crippen molar-refractivity contribution < 1.29 is 14.4 Å². The SMILES string of the molecule is CCCCN(OC(=O)CC)C(=O)CCC. The van der Waals surface area contributed by atoms with E-state index in [1.807, 2.05) is 13.8 Å². The Morgan fingerprint density at radius 3 is 2.27 bits per heavy atom. The van der Waals surface area contributed by atoms with Gasteiger partial charge in [-0.05, 0) is 12.8 Å². The number of nitrogens with zero attached hydrogens (tertiary/aromatic N) is 1. The summed E-state index contributed by atoms with van der Waals surface area (Å²) in [7, 11) is 0. The molecule has 88 valence electrons. The smallest absolute Gasteiger partial charge is 0.332 e. The highest BCUT2D eigenvalue weighted by atomic mass is 16.7. The van der Waals surface area contributed by atoms with Crippen molar-refractivity contribution in [1.82, 2.24) is 5.06 Å². The van der Waals surface area contributed by atoms with Crippen molar-refractivity contribution in [2.45, 2.75) is 52.9 Å². The largest absolute Gasteiger partial charge is 0.338 e. The molecule has 0 bridgehead atoms. The molecule has 0 heterocycles. The summed E-state index contributed by atoms with van der Waals surface area (Å²) in [6.07, 6.45) is 3.32. The fourth-order valence-electron chi connectivity index (χ4n) is 1.05. The highest BCUT2D eigenvalue weighted by Crippen LogP contribution is 2.03. The number of carbonyl (C=O) groups excluding carboxylic acids is 2. The number of carbonyl (C=O) groups is 2. The lowest BCUT2D eigenvalue weighted by atomic mass is 10.3. The molecule has 0 saturated heterocycles. The quantitative estimate of drug-likeness (QED) is 0.639. The maximum absolute atomic E-state index is 11.5. The number of amides is 1. The van der Waals surface area contributed by atoms with Crippen LogP contribution in [0.5, 0.6) is 0 Å². The van der Waals surface area contributed by atoms with Crippen LogP contribution in [0.3, 0.4) is 0 Å². The van der Waals surface area contributed by atoms with Crippen molar-refractivity contribution in [3.63, 3.8) is 0 Å². The summed E-state index contributed by atoms with van der Waals surface area (Å²) in [5, 5.41) is 1.21. The maximum Gasteiger partial charge on any atom is 0.332 e. The van der Waals surface area contributed by atoms with Gasteiger partial charge in [0, 0.05) is 12.8 Å². The summed E-state index contributed by atoms with van der Waals surface area (Å²) in [4.78, 5) is 27.6. The van der Waals surface area contributed by atoms with Crippen molar-refractivity contribution in [3.8, 4) is 0 Å². The molecule has 0 fully saturated rings. The van der Waals surface area contributed by atoms with E-state index in [-0.39, 0.29) is 11.9 Å². The van der Waals surface area contributed by atoms with Crippen molar-refractivity contribution in [3.05, 3.63) is 0 Å². The van der Waals surface area contributed by atoms with Crippen LogP contribution in [0.1, 0.15) is 52.9 Å². The fourth-order valence-corrected chi connectivity index (χ4v) is 1.05. The van der Waals surface area contributed by atoms with Gasteiger partial charge in [-0.2, -0.15) is 5.06 Å². The fraction of sp³-hybridized carbons (Fsp3) is 0.818. The van der Waals surface area contributed by atoms with Gasteiger partial charge in [-0.1, -0.05) is 27.2 Å². The van der Waals surface area contributed by atoms with Gasteiger partial charge in [0.1, 0.15) is 0 Å². The van der Waals surface area contributed by atoms with E-state index in [9.17, 15) is 9.59 Å². The third-order valence-electron chi connectivity index (χ3n) is 1.96. The second-order valence-corrected chi connectivity index (χ2v) is 3.42. The monoisotopic (exact) mass is 215 g/mol. The Labute approximate surface area is 91.5 Å². The molecule has 0 N–H and O–H groups in total. The van der Waals surface area contributed by atoms with Crippen LogP contribution in [0.15, 0.2) is 0 Å². The van der Waals surface area contributed by atoms with Crippen molar-refractivity contribution in [2.24, 2.45) is 0 Å². The topological polar surface area (TPSA) is 46.6 Å². The van der Waals surface area contributed by atoms with Crippen molar-refractivity contribution >= 4 is 11.9 Å². The van der Waals surface area contributed by atoms with Crippen LogP contribution in [0.25, 0.3) is 0 Å². The van der Waals surface area contributed by atoms with Crippen LogP contribution >= 0.6 is 0 Å². The molecule has 0 aromatic rings. The van der Waals surface area contributed by atoms with Gasteiger partial charge in [0.05, 0.1) is 6.54 Å². The van der Waals surface area contributed by atoms with Crippen LogP contribution in [0.4, 0.5) is 0 Å². The molecule has 0 aliphatic carbocycles. The average molecular weight is 215 g/mol. The Hall–Kier alpha value is -1.06. The van der Waals surface area contributed by atoms with Gasteiger partial charge in [0.15, 0.2) is 0 Å². The number of hydrogen-bond acceptors (Lipinski definition) is 3. The van der Waals surface area contributed by atoms with Gasteiger partial charge in [-0.3, -0.25) is 4.79 Å². The summed E-state index contributed by atoms with van der Waals surface area (Å²) in [5.74, 6) is -0.455. The second kappa shape index (κ2) is 8.26. The van der Waals surface area contributed by atoms with Gasteiger partial charge in [-0.25, -0.2) is 4.79 Å². The molecule has 0 aromatic carbocycles. The molecule has 0 aliphatic rings. The molecule has 4 nitrogen and oxygen atoms in total. The Bertz CT molecular complexity index is 204. The molecule has 1 amide bonds. The summed E-state index contributed by atoms with van der Waals surface area (Å²) in [6, 6.07) is 0. The Morgan fingerprint density at radius 1 is 1.13 bits per heavy atom. The minimum absolute atomic E-state index is 0.104. The van der Waals surface area contributed by atoms with E-state index in [1.165, 1.54) is 5.06 Å². The molecule has 0 saturated carbocycles. The lowest BCUT2D eigenvalue weighted by Gasteiger charge is -2.20. The first-order chi connectivity index (χ1) is 7.15. The molecule has 0 unspecified atom stereocenters. The van der Waals surface area contributed by atoms with Gasteiger partial charge in [0.2, 0.25) is 0 Å². The van der Waals surface area contributed by atoms with E-state index in [0.717, 1.165) is 19.3 Å². The number of hydrogen-bond donors (Lipinski definition) is 0. The lowest BCUT2D eigenvalue weighted by Crippen LogP contribution is -2.34. The molecule has 0 atom stereocenters. The molecular weight excluding hydrogens is 194 g/mol. The minimum Gasteiger partial charge on any atom is -0.338 e. The predicted molar refractivity (Wildman–Crippen MR) is 57.9 cm³/mol. The first-order valence-electron chi connectivity index (χ1n) is 5.66. The Kier molecular flexibility index (Phi) is 7.68. The standard InChI is InChI=1S/C11H21NO3/c1-4-7-9-12(10(13)8-5-2)15-11(14)6-3/h4-9H2,1-3H3.